The van der Waals surface area contributed by atoms with Crippen molar-refractivity contribution in [3.63, 3.8) is 0 Å². The third kappa shape index (κ3) is 4.45. The third-order valence-electron chi connectivity index (χ3n) is 4.87. The first-order chi connectivity index (χ1) is 13.9. The number of nitro benzene ring substituents is 1. The van der Waals surface area contributed by atoms with Gasteiger partial charge in [0.15, 0.2) is 5.78 Å². The van der Waals surface area contributed by atoms with Crippen LogP contribution in [0.15, 0.2) is 42.7 Å². The van der Waals surface area contributed by atoms with Crippen molar-refractivity contribution in [2.24, 2.45) is 5.92 Å². The van der Waals surface area contributed by atoms with Gasteiger partial charge in [-0.05, 0) is 43.0 Å². The van der Waals surface area contributed by atoms with E-state index in [0.717, 1.165) is 0 Å². The fourth-order valence-electron chi connectivity index (χ4n) is 3.38. The predicted octanol–water partition coefficient (Wildman–Crippen LogP) is 2.63. The maximum absolute atomic E-state index is 12.6. The van der Waals surface area contributed by atoms with Gasteiger partial charge in [-0.25, -0.2) is 0 Å². The molecule has 1 aliphatic heterocycles. The molecule has 2 heterocycles. The van der Waals surface area contributed by atoms with Crippen LogP contribution in [0.3, 0.4) is 0 Å². The van der Waals surface area contributed by atoms with Gasteiger partial charge in [0.2, 0.25) is 5.91 Å². The van der Waals surface area contributed by atoms with Crippen LogP contribution in [0.5, 0.6) is 0 Å². The summed E-state index contributed by atoms with van der Waals surface area (Å²) >= 11 is 0. The van der Waals surface area contributed by atoms with Gasteiger partial charge in [0.1, 0.15) is 5.92 Å². The summed E-state index contributed by atoms with van der Waals surface area (Å²) in [5.74, 6) is -3.13. The Hall–Kier alpha value is -3.62. The van der Waals surface area contributed by atoms with Crippen molar-refractivity contribution in [3.8, 4) is 0 Å². The number of non-ortho nitro benzene ring substituents is 1. The number of Topliss-reactive ketones (excluding diaryl/α,β-unsaturated/α-hetero) is 1. The van der Waals surface area contributed by atoms with Gasteiger partial charge in [-0.15, -0.1) is 0 Å². The molecule has 1 amide bonds. The molecule has 0 radical (unpaired) electrons. The van der Waals surface area contributed by atoms with E-state index in [4.69, 9.17) is 0 Å². The van der Waals surface area contributed by atoms with Crippen molar-refractivity contribution in [3.05, 3.63) is 64.0 Å². The summed E-state index contributed by atoms with van der Waals surface area (Å²) in [6.45, 7) is 0.230. The van der Waals surface area contributed by atoms with Crippen LogP contribution in [-0.4, -0.2) is 39.2 Å². The molecule has 0 saturated carbocycles. The number of rotatable bonds is 8. The summed E-state index contributed by atoms with van der Waals surface area (Å²) in [7, 11) is 0. The van der Waals surface area contributed by atoms with Gasteiger partial charge in [0.25, 0.3) is 5.69 Å². The second-order valence-corrected chi connectivity index (χ2v) is 6.78. The number of carboxylic acids is 1. The van der Waals surface area contributed by atoms with E-state index in [1.807, 2.05) is 0 Å². The Labute approximate surface area is 166 Å². The highest BCUT2D eigenvalue weighted by Crippen LogP contribution is 2.33. The zero-order valence-electron chi connectivity index (χ0n) is 15.5. The quantitative estimate of drug-likeness (QED) is 0.238. The first-order valence-electron chi connectivity index (χ1n) is 9.13. The number of hydrogen-bond acceptors (Lipinski definition) is 6. The van der Waals surface area contributed by atoms with Gasteiger partial charge in [-0.1, -0.05) is 0 Å². The van der Waals surface area contributed by atoms with E-state index in [-0.39, 0.29) is 30.9 Å². The highest BCUT2D eigenvalue weighted by atomic mass is 16.6. The zero-order chi connectivity index (χ0) is 21.0. The molecule has 0 spiro atoms. The van der Waals surface area contributed by atoms with Crippen molar-refractivity contribution in [2.75, 3.05) is 11.4 Å². The predicted molar refractivity (Wildman–Crippen MR) is 103 cm³/mol. The SMILES string of the molecule is O=C(CCCCN1C(=O)[C@H](C(=O)O)Cc2cc([N+](=O)[O-])ccc21)c1cccnc1. The number of nitrogens with zero attached hydrogens (tertiary/aromatic N) is 3. The highest BCUT2D eigenvalue weighted by Gasteiger charge is 2.37. The van der Waals surface area contributed by atoms with E-state index in [0.29, 0.717) is 29.7 Å². The van der Waals surface area contributed by atoms with Crippen LogP contribution in [0, 0.1) is 16.0 Å². The molecule has 1 aromatic heterocycles. The Balaban J connectivity index is 1.70. The van der Waals surface area contributed by atoms with Gasteiger partial charge < -0.3 is 10.0 Å². The molecular formula is C20H19N3O6. The van der Waals surface area contributed by atoms with Crippen LogP contribution in [-0.2, 0) is 16.0 Å². The molecule has 150 valence electrons. The van der Waals surface area contributed by atoms with Crippen LogP contribution in [0.25, 0.3) is 0 Å². The molecule has 0 aliphatic carbocycles. The lowest BCUT2D eigenvalue weighted by Gasteiger charge is -2.32. The lowest BCUT2D eigenvalue weighted by atomic mass is 9.91. The largest absolute Gasteiger partial charge is 0.481 e. The maximum Gasteiger partial charge on any atom is 0.316 e. The normalized spacial score (nSPS) is 15.7. The number of fused-ring (bicyclic) bond motifs is 1. The molecule has 1 aliphatic rings. The second-order valence-electron chi connectivity index (χ2n) is 6.78. The number of aromatic nitrogens is 1. The molecule has 0 fully saturated rings. The van der Waals surface area contributed by atoms with Gasteiger partial charge in [-0.3, -0.25) is 29.5 Å². The number of benzene rings is 1. The van der Waals surface area contributed by atoms with Gasteiger partial charge in [-0.2, -0.15) is 0 Å². The summed E-state index contributed by atoms with van der Waals surface area (Å²) in [5.41, 5.74) is 1.31. The minimum Gasteiger partial charge on any atom is -0.481 e. The second kappa shape index (κ2) is 8.59. The number of carbonyl (C=O) groups is 3. The highest BCUT2D eigenvalue weighted by molar-refractivity contribution is 6.08. The van der Waals surface area contributed by atoms with E-state index in [9.17, 15) is 29.6 Å². The van der Waals surface area contributed by atoms with E-state index in [1.165, 1.54) is 29.3 Å². The summed E-state index contributed by atoms with van der Waals surface area (Å²) < 4.78 is 0. The van der Waals surface area contributed by atoms with Crippen LogP contribution >= 0.6 is 0 Å². The van der Waals surface area contributed by atoms with E-state index < -0.39 is 22.7 Å². The molecule has 9 heteroatoms. The minimum absolute atomic E-state index is 0.0532. The molecule has 29 heavy (non-hydrogen) atoms. The van der Waals surface area contributed by atoms with Crippen molar-refractivity contribution < 1.29 is 24.4 Å². The van der Waals surface area contributed by atoms with Crippen LogP contribution < -0.4 is 4.90 Å². The number of unbranched alkanes of at least 4 members (excludes halogenated alkanes) is 1. The average molecular weight is 397 g/mol. The van der Waals surface area contributed by atoms with Crippen molar-refractivity contribution in [2.45, 2.75) is 25.7 Å². The first-order valence-corrected chi connectivity index (χ1v) is 9.13. The maximum atomic E-state index is 12.6. The molecular weight excluding hydrogens is 378 g/mol. The number of hydrogen-bond donors (Lipinski definition) is 1. The standard InChI is InChI=1S/C20H19N3O6/c24-18(13-4-3-8-21-12-13)5-1-2-9-22-17-7-6-15(23(28)29)10-14(17)11-16(19(22)25)20(26)27/h3-4,6-8,10,12,16H,1-2,5,9,11H2,(H,26,27)/t16-/m1/s1. The number of amides is 1. The Kier molecular flexibility index (Phi) is 5.96. The van der Waals surface area contributed by atoms with Gasteiger partial charge in [0, 0.05) is 48.7 Å². The number of carboxylic acid groups (broad SMARTS) is 1. The Morgan fingerprint density at radius 2 is 2.07 bits per heavy atom. The number of carbonyl (C=O) groups excluding carboxylic acids is 2. The van der Waals surface area contributed by atoms with E-state index in [2.05, 4.69) is 4.98 Å². The number of anilines is 1. The van der Waals surface area contributed by atoms with Gasteiger partial charge >= 0.3 is 5.97 Å². The van der Waals surface area contributed by atoms with Crippen LogP contribution in [0.1, 0.15) is 35.2 Å². The zero-order valence-corrected chi connectivity index (χ0v) is 15.5. The summed E-state index contributed by atoms with van der Waals surface area (Å²) in [4.78, 5) is 52.0. The minimum atomic E-state index is -1.28. The molecule has 0 bridgehead atoms. The molecule has 0 saturated heterocycles. The number of aliphatic carboxylic acids is 1. The number of pyridine rings is 1. The van der Waals surface area contributed by atoms with Gasteiger partial charge in [0.05, 0.1) is 4.92 Å². The lowest BCUT2D eigenvalue weighted by Crippen LogP contribution is -2.45. The molecule has 0 unspecified atom stereocenters. The van der Waals surface area contributed by atoms with Crippen molar-refractivity contribution in [1.82, 2.24) is 4.98 Å². The van der Waals surface area contributed by atoms with Crippen molar-refractivity contribution >= 4 is 29.0 Å². The summed E-state index contributed by atoms with van der Waals surface area (Å²) in [6, 6.07) is 7.46. The summed E-state index contributed by atoms with van der Waals surface area (Å²) in [5, 5.41) is 20.4. The summed E-state index contributed by atoms with van der Waals surface area (Å²) in [6.07, 6.45) is 4.28. The average Bonchev–Trinajstić information content (AvgIpc) is 2.71. The number of ketones is 1. The van der Waals surface area contributed by atoms with Crippen molar-refractivity contribution in [1.29, 1.82) is 0 Å². The Morgan fingerprint density at radius 1 is 1.28 bits per heavy atom. The molecule has 1 aromatic carbocycles. The fourth-order valence-corrected chi connectivity index (χ4v) is 3.38. The first kappa shape index (κ1) is 20.1. The Bertz CT molecular complexity index is 960. The lowest BCUT2D eigenvalue weighted by molar-refractivity contribution is -0.384. The fraction of sp³-hybridized carbons (Fsp3) is 0.300. The topological polar surface area (TPSA) is 131 Å². The van der Waals surface area contributed by atoms with Crippen LogP contribution in [0.4, 0.5) is 11.4 Å². The molecule has 1 atom stereocenters. The molecule has 9 nitrogen and oxygen atoms in total. The number of nitro groups is 1. The van der Waals surface area contributed by atoms with E-state index in [1.54, 1.807) is 18.3 Å². The third-order valence-corrected chi connectivity index (χ3v) is 4.87. The Morgan fingerprint density at radius 3 is 2.72 bits per heavy atom. The van der Waals surface area contributed by atoms with E-state index >= 15 is 0 Å². The molecule has 2 aromatic rings. The molecule has 3 rings (SSSR count). The smallest absolute Gasteiger partial charge is 0.316 e. The van der Waals surface area contributed by atoms with Crippen LogP contribution in [0.2, 0.25) is 0 Å². The monoisotopic (exact) mass is 397 g/mol. The molecule has 1 N–H and O–H groups in total.